The average Bonchev–Trinajstić information content (AvgIpc) is 3.40. The van der Waals surface area contributed by atoms with Crippen molar-refractivity contribution in [3.63, 3.8) is 0 Å². The van der Waals surface area contributed by atoms with Crippen molar-refractivity contribution in [1.29, 1.82) is 0 Å². The van der Waals surface area contributed by atoms with Gasteiger partial charge in [0.05, 0.1) is 16.9 Å². The highest BCUT2D eigenvalue weighted by Gasteiger charge is 2.31. The third-order valence-corrected chi connectivity index (χ3v) is 4.85. The van der Waals surface area contributed by atoms with Crippen molar-refractivity contribution < 1.29 is 22.8 Å². The lowest BCUT2D eigenvalue weighted by atomic mass is 10.1. The Morgan fingerprint density at radius 2 is 1.84 bits per heavy atom. The van der Waals surface area contributed by atoms with Gasteiger partial charge in [-0.1, -0.05) is 12.1 Å². The van der Waals surface area contributed by atoms with Crippen LogP contribution in [0.25, 0.3) is 11.8 Å². The summed E-state index contributed by atoms with van der Waals surface area (Å²) >= 11 is 0. The van der Waals surface area contributed by atoms with E-state index in [0.717, 1.165) is 25.0 Å². The molecule has 164 valence electrons. The van der Waals surface area contributed by atoms with E-state index < -0.39 is 17.6 Å². The highest BCUT2D eigenvalue weighted by Crippen LogP contribution is 2.33. The number of amides is 2. The Morgan fingerprint density at radius 3 is 2.47 bits per heavy atom. The largest absolute Gasteiger partial charge is 0.416 e. The number of aromatic nitrogens is 2. The minimum Gasteiger partial charge on any atom is -0.349 e. The van der Waals surface area contributed by atoms with Crippen LogP contribution in [-0.4, -0.2) is 27.6 Å². The molecule has 0 unspecified atom stereocenters. The lowest BCUT2D eigenvalue weighted by Crippen LogP contribution is -2.25. The van der Waals surface area contributed by atoms with Crippen LogP contribution in [0, 0.1) is 0 Å². The molecular formula is C23H19F3N4O2. The maximum atomic E-state index is 13.1. The molecule has 2 N–H and O–H groups in total. The van der Waals surface area contributed by atoms with E-state index in [9.17, 15) is 22.8 Å². The summed E-state index contributed by atoms with van der Waals surface area (Å²) in [5.41, 5.74) is 0.583. The molecule has 1 aliphatic rings. The van der Waals surface area contributed by atoms with Crippen LogP contribution < -0.4 is 10.6 Å². The number of halogens is 3. The topological polar surface area (TPSA) is 76.0 Å². The zero-order valence-corrected chi connectivity index (χ0v) is 16.8. The first-order chi connectivity index (χ1) is 15.3. The average molecular weight is 440 g/mol. The second-order valence-corrected chi connectivity index (χ2v) is 7.37. The number of benzene rings is 2. The Morgan fingerprint density at radius 1 is 1.09 bits per heavy atom. The molecule has 1 fully saturated rings. The number of carbonyl (C=O) groups excluding carboxylic acids is 2. The second-order valence-electron chi connectivity index (χ2n) is 7.37. The summed E-state index contributed by atoms with van der Waals surface area (Å²) in [4.78, 5) is 24.4. The first-order valence-corrected chi connectivity index (χ1v) is 9.91. The number of carbonyl (C=O) groups is 2. The van der Waals surface area contributed by atoms with Crippen LogP contribution in [0.1, 0.15) is 34.3 Å². The number of anilines is 1. The molecule has 0 aliphatic heterocycles. The molecule has 3 aromatic rings. The number of alkyl halides is 3. The summed E-state index contributed by atoms with van der Waals surface area (Å²) in [6, 6.07) is 11.6. The van der Waals surface area contributed by atoms with Crippen molar-refractivity contribution in [3.8, 4) is 5.69 Å². The van der Waals surface area contributed by atoms with Crippen molar-refractivity contribution >= 4 is 23.6 Å². The first kappa shape index (κ1) is 21.4. The lowest BCUT2D eigenvalue weighted by Gasteiger charge is -2.14. The van der Waals surface area contributed by atoms with E-state index >= 15 is 0 Å². The SMILES string of the molecule is O=C(/C=C/c1ccc(C(=O)NC2CC2)cc1)Nc1cc(C(F)(F)F)ccc1-n1cccn1. The summed E-state index contributed by atoms with van der Waals surface area (Å²) < 4.78 is 40.8. The van der Waals surface area contributed by atoms with E-state index in [2.05, 4.69) is 15.7 Å². The van der Waals surface area contributed by atoms with Crippen LogP contribution in [0.15, 0.2) is 67.0 Å². The van der Waals surface area contributed by atoms with Crippen LogP contribution in [0.4, 0.5) is 18.9 Å². The zero-order chi connectivity index (χ0) is 22.7. The molecular weight excluding hydrogens is 421 g/mol. The van der Waals surface area contributed by atoms with Gasteiger partial charge in [-0.15, -0.1) is 0 Å². The van der Waals surface area contributed by atoms with Crippen molar-refractivity contribution in [2.45, 2.75) is 25.1 Å². The quantitative estimate of drug-likeness (QED) is 0.557. The number of nitrogens with zero attached hydrogens (tertiary/aromatic N) is 2. The van der Waals surface area contributed by atoms with Gasteiger partial charge < -0.3 is 10.6 Å². The van der Waals surface area contributed by atoms with E-state index in [-0.39, 0.29) is 17.6 Å². The summed E-state index contributed by atoms with van der Waals surface area (Å²) in [6.07, 6.45) is 3.22. The molecule has 32 heavy (non-hydrogen) atoms. The predicted molar refractivity (Wildman–Crippen MR) is 113 cm³/mol. The number of hydrogen-bond acceptors (Lipinski definition) is 3. The molecule has 6 nitrogen and oxygen atoms in total. The second kappa shape index (κ2) is 8.70. The summed E-state index contributed by atoms with van der Waals surface area (Å²) in [5.74, 6) is -0.746. The van der Waals surface area contributed by atoms with Gasteiger partial charge in [0.25, 0.3) is 5.91 Å². The van der Waals surface area contributed by atoms with Gasteiger partial charge in [0.15, 0.2) is 0 Å². The fraction of sp³-hybridized carbons (Fsp3) is 0.174. The Kier molecular flexibility index (Phi) is 5.81. The van der Waals surface area contributed by atoms with Gasteiger partial charge in [0.1, 0.15) is 0 Å². The van der Waals surface area contributed by atoms with Crippen LogP contribution in [0.3, 0.4) is 0 Å². The van der Waals surface area contributed by atoms with E-state index in [1.807, 2.05) is 0 Å². The molecule has 0 atom stereocenters. The third-order valence-electron chi connectivity index (χ3n) is 4.85. The molecule has 9 heteroatoms. The fourth-order valence-electron chi connectivity index (χ4n) is 3.01. The fourth-order valence-corrected chi connectivity index (χ4v) is 3.01. The van der Waals surface area contributed by atoms with Gasteiger partial charge in [-0.3, -0.25) is 9.59 Å². The first-order valence-electron chi connectivity index (χ1n) is 9.91. The molecule has 1 heterocycles. The molecule has 0 saturated heterocycles. The number of nitrogens with one attached hydrogen (secondary N) is 2. The predicted octanol–water partition coefficient (Wildman–Crippen LogP) is 4.44. The number of hydrogen-bond donors (Lipinski definition) is 2. The smallest absolute Gasteiger partial charge is 0.349 e. The Bertz CT molecular complexity index is 1150. The third kappa shape index (κ3) is 5.23. The lowest BCUT2D eigenvalue weighted by molar-refractivity contribution is -0.137. The Balaban J connectivity index is 1.48. The molecule has 4 rings (SSSR count). The molecule has 1 saturated carbocycles. The Hall–Kier alpha value is -3.88. The van der Waals surface area contributed by atoms with E-state index in [4.69, 9.17) is 0 Å². The van der Waals surface area contributed by atoms with Crippen LogP contribution in [0.2, 0.25) is 0 Å². The standard InChI is InChI=1S/C23H19F3N4O2/c24-23(25,26)17-7-10-20(30-13-1-12-27-30)19(14-17)29-21(31)11-4-15-2-5-16(6-3-15)22(32)28-18-8-9-18/h1-7,10-14,18H,8-9H2,(H,28,32)(H,29,31)/b11-4+. The molecule has 2 amide bonds. The van der Waals surface area contributed by atoms with Gasteiger partial charge >= 0.3 is 6.18 Å². The minimum atomic E-state index is -4.55. The van der Waals surface area contributed by atoms with Gasteiger partial charge in [0.2, 0.25) is 5.91 Å². The summed E-state index contributed by atoms with van der Waals surface area (Å²) in [7, 11) is 0. The molecule has 1 aromatic heterocycles. The van der Waals surface area contributed by atoms with Crippen molar-refractivity contribution in [2.75, 3.05) is 5.32 Å². The summed E-state index contributed by atoms with van der Waals surface area (Å²) in [5, 5.41) is 9.40. The van der Waals surface area contributed by atoms with Crippen LogP contribution in [-0.2, 0) is 11.0 Å². The highest BCUT2D eigenvalue weighted by molar-refractivity contribution is 6.03. The summed E-state index contributed by atoms with van der Waals surface area (Å²) in [6.45, 7) is 0. The zero-order valence-electron chi connectivity index (χ0n) is 16.8. The monoisotopic (exact) mass is 440 g/mol. The maximum Gasteiger partial charge on any atom is 0.416 e. The van der Waals surface area contributed by atoms with Crippen LogP contribution >= 0.6 is 0 Å². The molecule has 1 aliphatic carbocycles. The van der Waals surface area contributed by atoms with E-state index in [1.165, 1.54) is 29.1 Å². The minimum absolute atomic E-state index is 0.0229. The molecule has 2 aromatic carbocycles. The van der Waals surface area contributed by atoms with Gasteiger partial charge in [-0.25, -0.2) is 4.68 Å². The highest BCUT2D eigenvalue weighted by atomic mass is 19.4. The Labute approximate surface area is 181 Å². The van der Waals surface area contributed by atoms with Crippen molar-refractivity contribution in [1.82, 2.24) is 15.1 Å². The van der Waals surface area contributed by atoms with E-state index in [1.54, 1.807) is 36.5 Å². The van der Waals surface area contributed by atoms with Gasteiger partial charge in [0, 0.05) is 30.1 Å². The van der Waals surface area contributed by atoms with Gasteiger partial charge in [-0.05, 0) is 60.9 Å². The normalized spacial score (nSPS) is 13.8. The van der Waals surface area contributed by atoms with Crippen molar-refractivity contribution in [2.24, 2.45) is 0 Å². The van der Waals surface area contributed by atoms with Gasteiger partial charge in [-0.2, -0.15) is 18.3 Å². The molecule has 0 radical (unpaired) electrons. The maximum absolute atomic E-state index is 13.1. The molecule has 0 spiro atoms. The van der Waals surface area contributed by atoms with Crippen LogP contribution in [0.5, 0.6) is 0 Å². The number of rotatable bonds is 6. The molecule has 0 bridgehead atoms. The van der Waals surface area contributed by atoms with Crippen molar-refractivity contribution in [3.05, 3.63) is 83.7 Å². The van der Waals surface area contributed by atoms with E-state index in [0.29, 0.717) is 16.8 Å².